The highest BCUT2D eigenvalue weighted by atomic mass is 16.6. The Balaban J connectivity index is 2.15. The normalized spacial score (nSPS) is 13.5. The van der Waals surface area contributed by atoms with Gasteiger partial charge in [0.1, 0.15) is 13.2 Å². The third-order valence-electron chi connectivity index (χ3n) is 3.23. The summed E-state index contributed by atoms with van der Waals surface area (Å²) in [4.78, 5) is 23.9. The molecule has 6 nitrogen and oxygen atoms in total. The van der Waals surface area contributed by atoms with E-state index in [1.165, 1.54) is 19.2 Å². The SMILES string of the molecule is COc1cc(C(=O)OCC(=O)C(C)(C)C)cc2c1OCCO2. The first-order chi connectivity index (χ1) is 10.3. The van der Waals surface area contributed by atoms with Crippen molar-refractivity contribution in [3.63, 3.8) is 0 Å². The fraction of sp³-hybridized carbons (Fsp3) is 0.500. The number of rotatable bonds is 4. The Hall–Kier alpha value is -2.24. The minimum atomic E-state index is -0.604. The van der Waals surface area contributed by atoms with E-state index in [1.807, 2.05) is 0 Å². The molecule has 0 radical (unpaired) electrons. The number of hydrogen-bond donors (Lipinski definition) is 0. The number of Topliss-reactive ketones (excluding diaryl/α,β-unsaturated/α-hetero) is 1. The number of benzene rings is 1. The molecule has 120 valence electrons. The van der Waals surface area contributed by atoms with Crippen LogP contribution in [0.25, 0.3) is 0 Å². The van der Waals surface area contributed by atoms with Gasteiger partial charge < -0.3 is 18.9 Å². The summed E-state index contributed by atoms with van der Waals surface area (Å²) in [5, 5.41) is 0. The standard InChI is InChI=1S/C16H20O6/c1-16(2,3)13(17)9-22-15(18)10-7-11(19-4)14-12(8-10)20-5-6-21-14/h7-8H,5-6,9H2,1-4H3. The molecule has 0 aliphatic carbocycles. The third-order valence-corrected chi connectivity index (χ3v) is 3.23. The van der Waals surface area contributed by atoms with Crippen LogP contribution in [-0.2, 0) is 9.53 Å². The quantitative estimate of drug-likeness (QED) is 0.794. The van der Waals surface area contributed by atoms with Gasteiger partial charge in [-0.3, -0.25) is 4.79 Å². The van der Waals surface area contributed by atoms with Crippen LogP contribution in [0.15, 0.2) is 12.1 Å². The van der Waals surface area contributed by atoms with Gasteiger partial charge in [-0.25, -0.2) is 4.79 Å². The van der Waals surface area contributed by atoms with Crippen LogP contribution in [0.3, 0.4) is 0 Å². The Bertz CT molecular complexity index is 568. The molecule has 0 saturated carbocycles. The summed E-state index contributed by atoms with van der Waals surface area (Å²) in [7, 11) is 1.48. The predicted molar refractivity (Wildman–Crippen MR) is 78.7 cm³/mol. The smallest absolute Gasteiger partial charge is 0.338 e. The van der Waals surface area contributed by atoms with E-state index in [0.717, 1.165) is 0 Å². The lowest BCUT2D eigenvalue weighted by Gasteiger charge is -2.21. The van der Waals surface area contributed by atoms with Crippen LogP contribution in [0.5, 0.6) is 17.2 Å². The summed E-state index contributed by atoms with van der Waals surface area (Å²) in [6.45, 7) is 5.88. The van der Waals surface area contributed by atoms with Crippen LogP contribution < -0.4 is 14.2 Å². The van der Waals surface area contributed by atoms with Crippen LogP contribution in [-0.4, -0.2) is 38.7 Å². The molecule has 1 heterocycles. The van der Waals surface area contributed by atoms with Gasteiger partial charge in [-0.05, 0) is 12.1 Å². The van der Waals surface area contributed by atoms with E-state index in [4.69, 9.17) is 18.9 Å². The highest BCUT2D eigenvalue weighted by Gasteiger charge is 2.25. The largest absolute Gasteiger partial charge is 0.493 e. The second kappa shape index (κ2) is 6.25. The third kappa shape index (κ3) is 3.50. The van der Waals surface area contributed by atoms with Gasteiger partial charge in [0, 0.05) is 5.41 Å². The van der Waals surface area contributed by atoms with Crippen molar-refractivity contribution in [2.75, 3.05) is 26.9 Å². The van der Waals surface area contributed by atoms with Crippen molar-refractivity contribution in [2.45, 2.75) is 20.8 Å². The van der Waals surface area contributed by atoms with Crippen molar-refractivity contribution in [1.82, 2.24) is 0 Å². The van der Waals surface area contributed by atoms with Gasteiger partial charge in [0.15, 0.2) is 23.9 Å². The molecule has 1 aliphatic rings. The number of ether oxygens (including phenoxy) is 4. The molecule has 0 N–H and O–H groups in total. The maximum Gasteiger partial charge on any atom is 0.338 e. The van der Waals surface area contributed by atoms with Gasteiger partial charge in [-0.2, -0.15) is 0 Å². The van der Waals surface area contributed by atoms with E-state index in [1.54, 1.807) is 20.8 Å². The number of methoxy groups -OCH3 is 1. The van der Waals surface area contributed by atoms with Gasteiger partial charge in [0.25, 0.3) is 0 Å². The van der Waals surface area contributed by atoms with E-state index >= 15 is 0 Å². The number of carbonyl (C=O) groups excluding carboxylic acids is 2. The van der Waals surface area contributed by atoms with Crippen molar-refractivity contribution in [3.05, 3.63) is 17.7 Å². The van der Waals surface area contributed by atoms with Crippen molar-refractivity contribution < 1.29 is 28.5 Å². The summed E-state index contributed by atoms with van der Waals surface area (Å²) in [6, 6.07) is 3.04. The predicted octanol–water partition coefficient (Wildman–Crippen LogP) is 2.24. The van der Waals surface area contributed by atoms with E-state index in [0.29, 0.717) is 30.5 Å². The number of esters is 1. The van der Waals surface area contributed by atoms with Crippen molar-refractivity contribution >= 4 is 11.8 Å². The number of carbonyl (C=O) groups is 2. The fourth-order valence-corrected chi connectivity index (χ4v) is 1.82. The Morgan fingerprint density at radius 3 is 2.50 bits per heavy atom. The van der Waals surface area contributed by atoms with E-state index in [2.05, 4.69) is 0 Å². The topological polar surface area (TPSA) is 71.1 Å². The van der Waals surface area contributed by atoms with Gasteiger partial charge in [-0.15, -0.1) is 0 Å². The molecule has 2 rings (SSSR count). The first-order valence-corrected chi connectivity index (χ1v) is 7.01. The average Bonchev–Trinajstić information content (AvgIpc) is 2.50. The van der Waals surface area contributed by atoms with Crippen LogP contribution in [0, 0.1) is 5.41 Å². The molecule has 22 heavy (non-hydrogen) atoms. The minimum absolute atomic E-state index is 0.148. The van der Waals surface area contributed by atoms with Crippen LogP contribution in [0.4, 0.5) is 0 Å². The zero-order chi connectivity index (χ0) is 16.3. The van der Waals surface area contributed by atoms with Crippen LogP contribution >= 0.6 is 0 Å². The lowest BCUT2D eigenvalue weighted by molar-refractivity contribution is -0.129. The van der Waals surface area contributed by atoms with Crippen molar-refractivity contribution in [1.29, 1.82) is 0 Å². The molecular formula is C16H20O6. The van der Waals surface area contributed by atoms with Crippen LogP contribution in [0.2, 0.25) is 0 Å². The molecule has 0 fully saturated rings. The fourth-order valence-electron chi connectivity index (χ4n) is 1.82. The molecule has 0 amide bonds. The zero-order valence-electron chi connectivity index (χ0n) is 13.2. The highest BCUT2D eigenvalue weighted by molar-refractivity contribution is 5.94. The van der Waals surface area contributed by atoms with Gasteiger partial charge in [-0.1, -0.05) is 20.8 Å². The monoisotopic (exact) mass is 308 g/mol. The number of ketones is 1. The molecule has 0 saturated heterocycles. The van der Waals surface area contributed by atoms with Crippen LogP contribution in [0.1, 0.15) is 31.1 Å². The van der Waals surface area contributed by atoms with E-state index < -0.39 is 11.4 Å². The summed E-state index contributed by atoms with van der Waals surface area (Å²) in [6.07, 6.45) is 0. The molecule has 0 spiro atoms. The first-order valence-electron chi connectivity index (χ1n) is 7.01. The molecule has 0 unspecified atom stereocenters. The molecule has 0 bridgehead atoms. The molecule has 1 aliphatic heterocycles. The summed E-state index contributed by atoms with van der Waals surface area (Å²) in [5.74, 6) is 0.542. The Morgan fingerprint density at radius 2 is 1.86 bits per heavy atom. The van der Waals surface area contributed by atoms with Crippen molar-refractivity contribution in [2.24, 2.45) is 5.41 Å². The molecule has 1 aromatic carbocycles. The molecule has 0 aromatic heterocycles. The molecular weight excluding hydrogens is 288 g/mol. The van der Waals surface area contributed by atoms with Gasteiger partial charge >= 0.3 is 5.97 Å². The molecule has 0 atom stereocenters. The molecule has 1 aromatic rings. The molecule has 6 heteroatoms. The maximum absolute atomic E-state index is 12.1. The Labute approximate surface area is 129 Å². The van der Waals surface area contributed by atoms with Crippen molar-refractivity contribution in [3.8, 4) is 17.2 Å². The van der Waals surface area contributed by atoms with Gasteiger partial charge in [0.05, 0.1) is 12.7 Å². The van der Waals surface area contributed by atoms with E-state index in [-0.39, 0.29) is 18.0 Å². The van der Waals surface area contributed by atoms with E-state index in [9.17, 15) is 9.59 Å². The second-order valence-electron chi connectivity index (χ2n) is 5.95. The minimum Gasteiger partial charge on any atom is -0.493 e. The van der Waals surface area contributed by atoms with Gasteiger partial charge in [0.2, 0.25) is 5.75 Å². The summed E-state index contributed by atoms with van der Waals surface area (Å²) >= 11 is 0. The maximum atomic E-state index is 12.1. The summed E-state index contributed by atoms with van der Waals surface area (Å²) in [5.41, 5.74) is -0.298. The lowest BCUT2D eigenvalue weighted by atomic mass is 9.91. The Morgan fingerprint density at radius 1 is 1.18 bits per heavy atom. The average molecular weight is 308 g/mol. The zero-order valence-corrected chi connectivity index (χ0v) is 13.2. The number of hydrogen-bond acceptors (Lipinski definition) is 6. The lowest BCUT2D eigenvalue weighted by Crippen LogP contribution is -2.26. The Kier molecular flexibility index (Phi) is 4.59. The second-order valence-corrected chi connectivity index (χ2v) is 5.95. The highest BCUT2D eigenvalue weighted by Crippen LogP contribution is 2.40. The first kappa shape index (κ1) is 16.1. The summed E-state index contributed by atoms with van der Waals surface area (Å²) < 4.78 is 21.2. The number of fused-ring (bicyclic) bond motifs is 1.